The van der Waals surface area contributed by atoms with E-state index in [2.05, 4.69) is 10.5 Å². The summed E-state index contributed by atoms with van der Waals surface area (Å²) in [6, 6.07) is 27.2. The van der Waals surface area contributed by atoms with Crippen LogP contribution in [0.3, 0.4) is 0 Å². The Morgan fingerprint density at radius 2 is 1.64 bits per heavy atom. The van der Waals surface area contributed by atoms with Crippen molar-refractivity contribution in [3.05, 3.63) is 112 Å². The molecule has 0 radical (unpaired) electrons. The van der Waals surface area contributed by atoms with Crippen LogP contribution in [0.25, 0.3) is 10.8 Å². The van der Waals surface area contributed by atoms with Crippen LogP contribution >= 0.6 is 23.2 Å². The van der Waals surface area contributed by atoms with Gasteiger partial charge in [-0.25, -0.2) is 13.8 Å². The first-order valence-corrected chi connectivity index (χ1v) is 13.3. The molecule has 0 aliphatic heterocycles. The third-order valence-electron chi connectivity index (χ3n) is 5.54. The van der Waals surface area contributed by atoms with Gasteiger partial charge in [0.15, 0.2) is 0 Å². The average Bonchev–Trinajstić information content (AvgIpc) is 2.88. The molecule has 184 valence electrons. The largest absolute Gasteiger partial charge is 0.272 e. The van der Waals surface area contributed by atoms with Gasteiger partial charge in [0.25, 0.3) is 5.91 Å². The summed E-state index contributed by atoms with van der Waals surface area (Å²) in [7, 11) is -4.12. The molecule has 0 saturated carbocycles. The summed E-state index contributed by atoms with van der Waals surface area (Å²) < 4.78 is 28.0. The molecule has 4 rings (SSSR count). The van der Waals surface area contributed by atoms with Crippen molar-refractivity contribution in [1.82, 2.24) is 9.73 Å². The first kappa shape index (κ1) is 25.9. The van der Waals surface area contributed by atoms with Gasteiger partial charge in [-0.05, 0) is 41.0 Å². The lowest BCUT2D eigenvalue weighted by Gasteiger charge is -2.22. The van der Waals surface area contributed by atoms with Gasteiger partial charge in [-0.15, -0.1) is 0 Å². The number of rotatable bonds is 9. The van der Waals surface area contributed by atoms with Crippen LogP contribution in [0.5, 0.6) is 0 Å². The van der Waals surface area contributed by atoms with E-state index in [1.807, 2.05) is 72.8 Å². The number of hydrogen-bond donors (Lipinski definition) is 1. The molecule has 4 aromatic rings. The number of halogens is 2. The lowest BCUT2D eigenvalue weighted by atomic mass is 10.1. The smallest absolute Gasteiger partial charge is 0.255 e. The molecular formula is C27H23Cl2N3O3S. The number of benzene rings is 4. The molecule has 6 nitrogen and oxygen atoms in total. The molecule has 0 spiro atoms. The van der Waals surface area contributed by atoms with Gasteiger partial charge in [-0.2, -0.15) is 9.41 Å². The van der Waals surface area contributed by atoms with Gasteiger partial charge in [0.05, 0.1) is 17.8 Å². The van der Waals surface area contributed by atoms with Gasteiger partial charge in [0.2, 0.25) is 10.0 Å². The normalized spacial score (nSPS) is 11.9. The molecule has 0 fully saturated rings. The Morgan fingerprint density at radius 3 is 2.44 bits per heavy atom. The number of nitrogens with zero attached hydrogens (tertiary/aromatic N) is 2. The molecule has 36 heavy (non-hydrogen) atoms. The first-order valence-electron chi connectivity index (χ1n) is 11.1. The summed E-state index contributed by atoms with van der Waals surface area (Å²) in [4.78, 5) is 12.6. The highest BCUT2D eigenvalue weighted by Crippen LogP contribution is 2.28. The van der Waals surface area contributed by atoms with E-state index in [9.17, 15) is 13.2 Å². The fraction of sp³-hybridized carbons (Fsp3) is 0.111. The number of hydrogen-bond acceptors (Lipinski definition) is 4. The molecule has 0 saturated heterocycles. The maximum atomic E-state index is 13.5. The standard InChI is InChI=1S/C27H23Cl2N3O3S/c28-23-13-14-25(29)26(17-23)36(34,35)32(16-15-20-7-2-1-3-8-20)19-27(33)31-30-18-22-11-6-10-21-9-4-5-12-24(21)22/h1-14,17-18H,15-16,19H2,(H,31,33)/b30-18-. The number of fused-ring (bicyclic) bond motifs is 1. The van der Waals surface area contributed by atoms with Gasteiger partial charge < -0.3 is 0 Å². The van der Waals surface area contributed by atoms with E-state index in [-0.39, 0.29) is 21.5 Å². The zero-order valence-electron chi connectivity index (χ0n) is 19.1. The van der Waals surface area contributed by atoms with Crippen LogP contribution in [-0.4, -0.2) is 37.9 Å². The lowest BCUT2D eigenvalue weighted by molar-refractivity contribution is -0.121. The number of hydrazone groups is 1. The highest BCUT2D eigenvalue weighted by atomic mass is 35.5. The minimum atomic E-state index is -4.12. The molecule has 0 heterocycles. The molecule has 0 unspecified atom stereocenters. The molecule has 0 bridgehead atoms. The van der Waals surface area contributed by atoms with E-state index in [1.165, 1.54) is 24.4 Å². The topological polar surface area (TPSA) is 78.8 Å². The van der Waals surface area contributed by atoms with Crippen LogP contribution < -0.4 is 5.43 Å². The predicted octanol–water partition coefficient (Wildman–Crippen LogP) is 5.53. The Balaban J connectivity index is 1.53. The quantitative estimate of drug-likeness (QED) is 0.224. The van der Waals surface area contributed by atoms with E-state index >= 15 is 0 Å². The minimum Gasteiger partial charge on any atom is -0.272 e. The molecule has 0 aliphatic carbocycles. The fourth-order valence-corrected chi connectivity index (χ4v) is 5.86. The van der Waals surface area contributed by atoms with Crippen LogP contribution in [-0.2, 0) is 21.2 Å². The van der Waals surface area contributed by atoms with Crippen molar-refractivity contribution in [2.24, 2.45) is 5.10 Å². The van der Waals surface area contributed by atoms with Crippen molar-refractivity contribution in [1.29, 1.82) is 0 Å². The molecule has 1 N–H and O–H groups in total. The van der Waals surface area contributed by atoms with Crippen LogP contribution in [0.15, 0.2) is 101 Å². The van der Waals surface area contributed by atoms with Crippen molar-refractivity contribution < 1.29 is 13.2 Å². The van der Waals surface area contributed by atoms with E-state index in [4.69, 9.17) is 23.2 Å². The second kappa shape index (κ2) is 11.7. The first-order chi connectivity index (χ1) is 17.3. The lowest BCUT2D eigenvalue weighted by Crippen LogP contribution is -2.40. The Morgan fingerprint density at radius 1 is 0.917 bits per heavy atom. The molecule has 9 heteroatoms. The van der Waals surface area contributed by atoms with Crippen LogP contribution in [0.1, 0.15) is 11.1 Å². The van der Waals surface area contributed by atoms with Crippen molar-refractivity contribution in [2.75, 3.05) is 13.1 Å². The van der Waals surface area contributed by atoms with Crippen LogP contribution in [0.4, 0.5) is 0 Å². The number of carbonyl (C=O) groups is 1. The third-order valence-corrected chi connectivity index (χ3v) is 8.10. The van der Waals surface area contributed by atoms with Crippen molar-refractivity contribution in [3.63, 3.8) is 0 Å². The maximum Gasteiger partial charge on any atom is 0.255 e. The van der Waals surface area contributed by atoms with Gasteiger partial charge in [-0.1, -0.05) is 96.0 Å². The number of nitrogens with one attached hydrogen (secondary N) is 1. The highest BCUT2D eigenvalue weighted by molar-refractivity contribution is 7.89. The van der Waals surface area contributed by atoms with Crippen molar-refractivity contribution in [2.45, 2.75) is 11.3 Å². The third kappa shape index (κ3) is 6.30. The molecule has 4 aromatic carbocycles. The number of sulfonamides is 1. The fourth-order valence-electron chi connectivity index (χ4n) is 3.73. The SMILES string of the molecule is O=C(CN(CCc1ccccc1)S(=O)(=O)c1cc(Cl)ccc1Cl)N/N=C\c1cccc2ccccc12. The van der Waals surface area contributed by atoms with Crippen LogP contribution in [0.2, 0.25) is 10.0 Å². The molecule has 1 amide bonds. The summed E-state index contributed by atoms with van der Waals surface area (Å²) in [5.74, 6) is -0.582. The second-order valence-electron chi connectivity index (χ2n) is 8.01. The summed E-state index contributed by atoms with van der Waals surface area (Å²) in [5, 5.41) is 6.34. The number of amides is 1. The molecule has 0 aromatic heterocycles. The van der Waals surface area contributed by atoms with E-state index < -0.39 is 22.5 Å². The van der Waals surface area contributed by atoms with Gasteiger partial charge in [0, 0.05) is 17.1 Å². The van der Waals surface area contributed by atoms with E-state index in [0.717, 1.165) is 26.2 Å². The van der Waals surface area contributed by atoms with Gasteiger partial charge >= 0.3 is 0 Å². The van der Waals surface area contributed by atoms with E-state index in [1.54, 1.807) is 0 Å². The second-order valence-corrected chi connectivity index (χ2v) is 10.8. The maximum absolute atomic E-state index is 13.5. The van der Waals surface area contributed by atoms with E-state index in [0.29, 0.717) is 6.42 Å². The molecule has 0 atom stereocenters. The zero-order valence-corrected chi connectivity index (χ0v) is 21.5. The Hall–Kier alpha value is -3.23. The van der Waals surface area contributed by atoms with Crippen molar-refractivity contribution in [3.8, 4) is 0 Å². The monoisotopic (exact) mass is 539 g/mol. The van der Waals surface area contributed by atoms with Crippen molar-refractivity contribution >= 4 is 56.1 Å². The Kier molecular flexibility index (Phi) is 8.38. The minimum absolute atomic E-state index is 0.0264. The summed E-state index contributed by atoms with van der Waals surface area (Å²) in [5.41, 5.74) is 4.20. The highest BCUT2D eigenvalue weighted by Gasteiger charge is 2.28. The van der Waals surface area contributed by atoms with Crippen LogP contribution in [0, 0.1) is 0 Å². The Bertz CT molecular complexity index is 1500. The molecule has 0 aliphatic rings. The van der Waals surface area contributed by atoms with Gasteiger partial charge in [-0.3, -0.25) is 4.79 Å². The average molecular weight is 540 g/mol. The van der Waals surface area contributed by atoms with Gasteiger partial charge in [0.1, 0.15) is 4.90 Å². The molecular weight excluding hydrogens is 517 g/mol. The predicted molar refractivity (Wildman–Crippen MR) is 145 cm³/mol. The zero-order chi connectivity index (χ0) is 25.5. The Labute approximate surface area is 220 Å². The summed E-state index contributed by atoms with van der Waals surface area (Å²) >= 11 is 12.2. The summed E-state index contributed by atoms with van der Waals surface area (Å²) in [6.45, 7) is -0.374. The summed E-state index contributed by atoms with van der Waals surface area (Å²) in [6.07, 6.45) is 1.95. The number of carbonyl (C=O) groups excluding carboxylic acids is 1.